The van der Waals surface area contributed by atoms with E-state index in [1.807, 2.05) is 0 Å². The van der Waals surface area contributed by atoms with E-state index < -0.39 is 17.2 Å². The summed E-state index contributed by atoms with van der Waals surface area (Å²) in [5.74, 6) is -0.528. The molecule has 5 heteroatoms. The van der Waals surface area contributed by atoms with E-state index in [4.69, 9.17) is 0 Å². The molecule has 0 spiro atoms. The van der Waals surface area contributed by atoms with Crippen molar-refractivity contribution >= 4 is 0 Å². The number of halogens is 2. The van der Waals surface area contributed by atoms with Gasteiger partial charge in [0.25, 0.3) is 0 Å². The Morgan fingerprint density at radius 1 is 0.857 bits per heavy atom. The average Bonchev–Trinajstić information content (AvgIpc) is 3.02. The molecule has 0 amide bonds. The zero-order valence-electron chi connectivity index (χ0n) is 10.9. The van der Waals surface area contributed by atoms with Crippen LogP contribution in [0.5, 0.6) is 0 Å². The summed E-state index contributed by atoms with van der Waals surface area (Å²) >= 11 is 0. The molecule has 1 heterocycles. The van der Waals surface area contributed by atoms with E-state index >= 15 is 0 Å². The van der Waals surface area contributed by atoms with Crippen LogP contribution in [0.25, 0.3) is 0 Å². The maximum absolute atomic E-state index is 13.1. The molecule has 0 saturated heterocycles. The number of aliphatic hydroxyl groups is 1. The first-order valence-corrected chi connectivity index (χ1v) is 6.35. The van der Waals surface area contributed by atoms with E-state index in [1.165, 1.54) is 54.7 Å². The first-order chi connectivity index (χ1) is 10.1. The third-order valence-electron chi connectivity index (χ3n) is 3.36. The van der Waals surface area contributed by atoms with Crippen LogP contribution in [0.2, 0.25) is 0 Å². The molecule has 0 aliphatic carbocycles. The maximum atomic E-state index is 13.1. The summed E-state index contributed by atoms with van der Waals surface area (Å²) < 4.78 is 26.2. The van der Waals surface area contributed by atoms with Crippen molar-refractivity contribution in [2.45, 2.75) is 5.60 Å². The fraction of sp³-hybridized carbons (Fsp3) is 0.0625. The Morgan fingerprint density at radius 2 is 1.33 bits per heavy atom. The summed E-state index contributed by atoms with van der Waals surface area (Å²) in [6.45, 7) is 0. The van der Waals surface area contributed by atoms with Gasteiger partial charge in [-0.3, -0.25) is 0 Å². The van der Waals surface area contributed by atoms with Crippen LogP contribution in [0.3, 0.4) is 0 Å². The van der Waals surface area contributed by atoms with Gasteiger partial charge in [-0.1, -0.05) is 24.3 Å². The van der Waals surface area contributed by atoms with Crippen LogP contribution in [-0.4, -0.2) is 15.1 Å². The summed E-state index contributed by atoms with van der Waals surface area (Å²) in [6.07, 6.45) is 3.08. The second kappa shape index (κ2) is 5.10. The number of benzene rings is 2. The summed E-state index contributed by atoms with van der Waals surface area (Å²) in [7, 11) is 0. The Balaban J connectivity index is 2.20. The second-order valence-electron chi connectivity index (χ2n) is 4.66. The molecule has 106 valence electrons. The molecule has 0 bridgehead atoms. The van der Waals surface area contributed by atoms with Gasteiger partial charge in [0.1, 0.15) is 17.5 Å². The van der Waals surface area contributed by atoms with E-state index in [2.05, 4.69) is 9.97 Å². The molecular weight excluding hydrogens is 274 g/mol. The number of imidazole rings is 1. The van der Waals surface area contributed by atoms with Crippen LogP contribution in [0, 0.1) is 11.6 Å². The summed E-state index contributed by atoms with van der Waals surface area (Å²) in [5, 5.41) is 11.2. The Labute approximate surface area is 119 Å². The molecule has 0 atom stereocenters. The number of hydrogen-bond acceptors (Lipinski definition) is 2. The second-order valence-corrected chi connectivity index (χ2v) is 4.66. The highest BCUT2D eigenvalue weighted by molar-refractivity contribution is 5.42. The lowest BCUT2D eigenvalue weighted by Gasteiger charge is -2.27. The van der Waals surface area contributed by atoms with Gasteiger partial charge in [0.2, 0.25) is 0 Å². The maximum Gasteiger partial charge on any atom is 0.172 e. The van der Waals surface area contributed by atoms with Crippen molar-refractivity contribution in [3.8, 4) is 0 Å². The van der Waals surface area contributed by atoms with Gasteiger partial charge < -0.3 is 10.1 Å². The topological polar surface area (TPSA) is 48.9 Å². The molecular formula is C16H12F2N2O. The highest BCUT2D eigenvalue weighted by atomic mass is 19.1. The minimum Gasteiger partial charge on any atom is -0.373 e. The Bertz CT molecular complexity index is 676. The molecule has 0 aliphatic rings. The predicted molar refractivity (Wildman–Crippen MR) is 73.5 cm³/mol. The van der Waals surface area contributed by atoms with Gasteiger partial charge in [-0.15, -0.1) is 0 Å². The lowest BCUT2D eigenvalue weighted by Crippen LogP contribution is -2.30. The minimum absolute atomic E-state index is 0.278. The largest absolute Gasteiger partial charge is 0.373 e. The molecule has 0 saturated carbocycles. The number of nitrogens with zero attached hydrogens (tertiary/aromatic N) is 1. The van der Waals surface area contributed by atoms with Crippen LogP contribution in [0.4, 0.5) is 8.78 Å². The van der Waals surface area contributed by atoms with Gasteiger partial charge in [0.05, 0.1) is 0 Å². The standard InChI is InChI=1S/C16H12F2N2O/c17-13-5-1-11(2-6-13)16(21,15-19-9-10-20-15)12-3-7-14(18)8-4-12/h1-10,21H,(H,19,20). The number of nitrogens with one attached hydrogen (secondary N) is 1. The highest BCUT2D eigenvalue weighted by Gasteiger charge is 2.36. The van der Waals surface area contributed by atoms with Crippen LogP contribution >= 0.6 is 0 Å². The molecule has 1 aromatic heterocycles. The zero-order valence-corrected chi connectivity index (χ0v) is 10.9. The number of aromatic nitrogens is 2. The molecule has 3 rings (SSSR count). The average molecular weight is 286 g/mol. The third-order valence-corrected chi connectivity index (χ3v) is 3.36. The molecule has 3 aromatic rings. The summed E-state index contributed by atoms with van der Waals surface area (Å²) in [5.41, 5.74) is -0.735. The van der Waals surface area contributed by atoms with E-state index in [1.54, 1.807) is 6.20 Å². The summed E-state index contributed by atoms with van der Waals surface area (Å²) in [6, 6.07) is 10.9. The number of H-pyrrole nitrogens is 1. The zero-order chi connectivity index (χ0) is 14.9. The monoisotopic (exact) mass is 286 g/mol. The SMILES string of the molecule is OC(c1ccc(F)cc1)(c1ccc(F)cc1)c1ncc[nH]1. The van der Waals surface area contributed by atoms with Crippen molar-refractivity contribution in [3.05, 3.63) is 89.5 Å². The quantitative estimate of drug-likeness (QED) is 0.777. The van der Waals surface area contributed by atoms with Crippen molar-refractivity contribution in [2.24, 2.45) is 0 Å². The lowest BCUT2D eigenvalue weighted by molar-refractivity contribution is 0.116. The lowest BCUT2D eigenvalue weighted by atomic mass is 9.85. The van der Waals surface area contributed by atoms with Crippen LogP contribution in [-0.2, 0) is 5.60 Å². The Kier molecular flexibility index (Phi) is 3.27. The van der Waals surface area contributed by atoms with Gasteiger partial charge >= 0.3 is 0 Å². The normalized spacial score (nSPS) is 11.6. The number of aromatic amines is 1. The molecule has 0 radical (unpaired) electrons. The fourth-order valence-electron chi connectivity index (χ4n) is 2.29. The number of rotatable bonds is 3. The predicted octanol–water partition coefficient (Wildman–Crippen LogP) is 2.97. The highest BCUT2D eigenvalue weighted by Crippen LogP contribution is 2.34. The van der Waals surface area contributed by atoms with Gasteiger partial charge in [-0.2, -0.15) is 0 Å². The van der Waals surface area contributed by atoms with Crippen molar-refractivity contribution in [1.29, 1.82) is 0 Å². The first kappa shape index (κ1) is 13.5. The fourth-order valence-corrected chi connectivity index (χ4v) is 2.29. The summed E-state index contributed by atoms with van der Waals surface area (Å²) in [4.78, 5) is 6.95. The smallest absolute Gasteiger partial charge is 0.172 e. The molecule has 0 aliphatic heterocycles. The molecule has 3 nitrogen and oxygen atoms in total. The van der Waals surface area contributed by atoms with E-state index in [9.17, 15) is 13.9 Å². The third kappa shape index (κ3) is 2.32. The Morgan fingerprint density at radius 3 is 1.71 bits per heavy atom. The van der Waals surface area contributed by atoms with E-state index in [-0.39, 0.29) is 5.82 Å². The van der Waals surface area contributed by atoms with Gasteiger partial charge in [0, 0.05) is 12.4 Å². The van der Waals surface area contributed by atoms with E-state index in [0.29, 0.717) is 11.1 Å². The number of hydrogen-bond donors (Lipinski definition) is 2. The minimum atomic E-state index is -1.61. The van der Waals surface area contributed by atoms with Crippen molar-refractivity contribution < 1.29 is 13.9 Å². The molecule has 21 heavy (non-hydrogen) atoms. The first-order valence-electron chi connectivity index (χ1n) is 6.35. The van der Waals surface area contributed by atoms with Crippen LogP contribution in [0.1, 0.15) is 17.0 Å². The van der Waals surface area contributed by atoms with Gasteiger partial charge in [0.15, 0.2) is 5.60 Å². The van der Waals surface area contributed by atoms with Crippen LogP contribution < -0.4 is 0 Å². The van der Waals surface area contributed by atoms with Crippen molar-refractivity contribution in [3.63, 3.8) is 0 Å². The molecule has 2 aromatic carbocycles. The molecule has 0 unspecified atom stereocenters. The van der Waals surface area contributed by atoms with Crippen molar-refractivity contribution in [2.75, 3.05) is 0 Å². The molecule has 2 N–H and O–H groups in total. The van der Waals surface area contributed by atoms with Crippen molar-refractivity contribution in [1.82, 2.24) is 9.97 Å². The van der Waals surface area contributed by atoms with Gasteiger partial charge in [-0.25, -0.2) is 13.8 Å². The Hall–Kier alpha value is -2.53. The molecule has 0 fully saturated rings. The van der Waals surface area contributed by atoms with E-state index in [0.717, 1.165) is 0 Å². The van der Waals surface area contributed by atoms with Crippen LogP contribution in [0.15, 0.2) is 60.9 Å². The van der Waals surface area contributed by atoms with Gasteiger partial charge in [-0.05, 0) is 35.4 Å².